The molecule has 0 bridgehead atoms. The Morgan fingerprint density at radius 1 is 1.15 bits per heavy atom. The second-order valence-corrected chi connectivity index (χ2v) is 9.02. The number of aromatic nitrogens is 1. The molecule has 0 radical (unpaired) electrons. The van der Waals surface area contributed by atoms with Crippen molar-refractivity contribution in [3.05, 3.63) is 30.1 Å². The van der Waals surface area contributed by atoms with Crippen LogP contribution < -0.4 is 5.32 Å². The molecule has 2 heterocycles. The maximum atomic E-state index is 12.8. The summed E-state index contributed by atoms with van der Waals surface area (Å²) in [5, 5.41) is 11.6. The van der Waals surface area contributed by atoms with E-state index in [2.05, 4.69) is 10.3 Å². The predicted molar refractivity (Wildman–Crippen MR) is 120 cm³/mol. The minimum atomic E-state index is -0.829. The van der Waals surface area contributed by atoms with Crippen LogP contribution in [0.2, 0.25) is 0 Å². The molecule has 2 N–H and O–H groups in total. The summed E-state index contributed by atoms with van der Waals surface area (Å²) in [6.07, 6.45) is 7.91. The molecule has 0 spiro atoms. The van der Waals surface area contributed by atoms with Crippen LogP contribution in [0.15, 0.2) is 24.5 Å². The molecule has 9 nitrogen and oxygen atoms in total. The molecule has 0 unspecified atom stereocenters. The number of rotatable bonds is 12. The summed E-state index contributed by atoms with van der Waals surface area (Å²) in [5.74, 6) is -0.429. The van der Waals surface area contributed by atoms with E-state index >= 15 is 0 Å². The number of ether oxygens (including phenoxy) is 2. The summed E-state index contributed by atoms with van der Waals surface area (Å²) >= 11 is 0. The molecule has 1 aliphatic heterocycles. The van der Waals surface area contributed by atoms with Crippen molar-refractivity contribution in [2.75, 3.05) is 40.0 Å². The van der Waals surface area contributed by atoms with E-state index < -0.39 is 11.9 Å². The molecule has 2 fully saturated rings. The first-order valence-corrected chi connectivity index (χ1v) is 11.8. The van der Waals surface area contributed by atoms with E-state index in [1.165, 1.54) is 0 Å². The maximum Gasteiger partial charge on any atom is 0.305 e. The first-order chi connectivity index (χ1) is 16.0. The first-order valence-electron chi connectivity index (χ1n) is 11.8. The molecule has 1 saturated heterocycles. The fourth-order valence-electron chi connectivity index (χ4n) is 4.71. The van der Waals surface area contributed by atoms with Gasteiger partial charge in [0.1, 0.15) is 0 Å². The molecule has 1 aliphatic carbocycles. The minimum Gasteiger partial charge on any atom is -0.481 e. The maximum absolute atomic E-state index is 12.8. The van der Waals surface area contributed by atoms with Crippen molar-refractivity contribution in [2.45, 2.75) is 44.6 Å². The second kappa shape index (κ2) is 12.6. The normalized spacial score (nSPS) is 25.2. The minimum absolute atomic E-state index is 0.0388. The van der Waals surface area contributed by atoms with Gasteiger partial charge in [-0.1, -0.05) is 6.07 Å². The van der Waals surface area contributed by atoms with Crippen molar-refractivity contribution in [1.29, 1.82) is 0 Å². The van der Waals surface area contributed by atoms with Crippen LogP contribution in [-0.4, -0.2) is 72.8 Å². The fraction of sp³-hybridized carbons (Fsp3) is 0.667. The molecule has 2 aliphatic rings. The van der Waals surface area contributed by atoms with Crippen molar-refractivity contribution in [1.82, 2.24) is 15.2 Å². The van der Waals surface area contributed by atoms with Gasteiger partial charge in [-0.2, -0.15) is 0 Å². The number of likely N-dealkylation sites (tertiary alicyclic amines) is 1. The number of nitrogens with one attached hydrogen (secondary N) is 1. The van der Waals surface area contributed by atoms with Gasteiger partial charge in [-0.3, -0.25) is 19.4 Å². The van der Waals surface area contributed by atoms with Gasteiger partial charge >= 0.3 is 5.97 Å². The number of aliphatic carboxylic acids is 1. The largest absolute Gasteiger partial charge is 0.481 e. The average Bonchev–Trinajstić information content (AvgIpc) is 3.12. The van der Waals surface area contributed by atoms with Gasteiger partial charge in [-0.15, -0.1) is 0 Å². The smallest absolute Gasteiger partial charge is 0.305 e. The Morgan fingerprint density at radius 2 is 1.82 bits per heavy atom. The lowest BCUT2D eigenvalue weighted by molar-refractivity contribution is -0.138. The number of carbonyl (C=O) groups excluding carboxylic acids is 2. The van der Waals surface area contributed by atoms with Crippen LogP contribution >= 0.6 is 0 Å². The summed E-state index contributed by atoms with van der Waals surface area (Å²) in [7, 11) is 1.73. The van der Waals surface area contributed by atoms with Gasteiger partial charge in [-0.25, -0.2) is 0 Å². The number of carboxylic acid groups (broad SMARTS) is 1. The van der Waals surface area contributed by atoms with E-state index in [4.69, 9.17) is 14.6 Å². The summed E-state index contributed by atoms with van der Waals surface area (Å²) in [6, 6.07) is 3.41. The summed E-state index contributed by atoms with van der Waals surface area (Å²) in [4.78, 5) is 41.2. The van der Waals surface area contributed by atoms with Gasteiger partial charge in [0.05, 0.1) is 31.6 Å². The van der Waals surface area contributed by atoms with Crippen LogP contribution in [0, 0.1) is 17.8 Å². The summed E-state index contributed by atoms with van der Waals surface area (Å²) in [6.45, 7) is 2.44. The van der Waals surface area contributed by atoms with E-state index in [1.54, 1.807) is 24.3 Å². The van der Waals surface area contributed by atoms with Gasteiger partial charge < -0.3 is 24.8 Å². The van der Waals surface area contributed by atoms with Crippen LogP contribution in [0.3, 0.4) is 0 Å². The zero-order chi connectivity index (χ0) is 23.6. The number of hydrogen-bond acceptors (Lipinski definition) is 6. The number of nitrogens with zero attached hydrogens (tertiary/aromatic N) is 2. The predicted octanol–water partition coefficient (Wildman–Crippen LogP) is 2.03. The Labute approximate surface area is 194 Å². The summed E-state index contributed by atoms with van der Waals surface area (Å²) in [5.41, 5.74) is 0.866. The zero-order valence-electron chi connectivity index (χ0n) is 19.3. The van der Waals surface area contributed by atoms with Gasteiger partial charge in [-0.05, 0) is 49.1 Å². The van der Waals surface area contributed by atoms with E-state index in [1.807, 2.05) is 12.1 Å². The Kier molecular flexibility index (Phi) is 9.62. The second-order valence-electron chi connectivity index (χ2n) is 9.02. The lowest BCUT2D eigenvalue weighted by Gasteiger charge is -2.28. The van der Waals surface area contributed by atoms with Crippen LogP contribution in [-0.2, 0) is 23.9 Å². The van der Waals surface area contributed by atoms with E-state index in [0.717, 1.165) is 31.2 Å². The molecule has 1 aromatic rings. The number of carbonyl (C=O) groups is 3. The van der Waals surface area contributed by atoms with Crippen molar-refractivity contribution in [3.8, 4) is 0 Å². The highest BCUT2D eigenvalue weighted by molar-refractivity contribution is 5.90. The fourth-order valence-corrected chi connectivity index (χ4v) is 4.71. The number of pyridine rings is 1. The molecule has 3 rings (SSSR count). The number of carboxylic acids is 1. The standard InChI is InChI=1S/C24H35N3O6/c1-27-21(28)13-20(23(27)19-3-2-9-25-14-19)24(31)26-10-12-33-16-18-6-4-17(5-7-18)15-32-11-8-22(29)30/h2-3,9,14,17-18,20,23H,4-8,10-13,15-16H2,1H3,(H,26,31)(H,29,30)/t17?,18?,20-,23+/m0/s1. The van der Waals surface area contributed by atoms with E-state index in [-0.39, 0.29) is 37.3 Å². The average molecular weight is 462 g/mol. The van der Waals surface area contributed by atoms with Crippen molar-refractivity contribution in [3.63, 3.8) is 0 Å². The van der Waals surface area contributed by atoms with Gasteiger partial charge in [0.2, 0.25) is 11.8 Å². The molecule has 2 atom stereocenters. The molecule has 0 aromatic carbocycles. The Morgan fingerprint density at radius 3 is 2.42 bits per heavy atom. The highest BCUT2D eigenvalue weighted by Gasteiger charge is 2.42. The van der Waals surface area contributed by atoms with Crippen molar-refractivity contribution in [2.24, 2.45) is 17.8 Å². The highest BCUT2D eigenvalue weighted by atomic mass is 16.5. The van der Waals surface area contributed by atoms with Crippen LogP contribution in [0.25, 0.3) is 0 Å². The third-order valence-electron chi connectivity index (χ3n) is 6.63. The molecule has 33 heavy (non-hydrogen) atoms. The SMILES string of the molecule is CN1C(=O)C[C@H](C(=O)NCCOCC2CCC(COCCC(=O)O)CC2)[C@H]1c1cccnc1. The number of amides is 2. The lowest BCUT2D eigenvalue weighted by atomic mass is 9.83. The quantitative estimate of drug-likeness (QED) is 0.457. The molecule has 1 saturated carbocycles. The van der Waals surface area contributed by atoms with E-state index in [0.29, 0.717) is 38.2 Å². The number of hydrogen-bond donors (Lipinski definition) is 2. The Balaban J connectivity index is 1.30. The molecule has 1 aromatic heterocycles. The molecular formula is C24H35N3O6. The van der Waals surface area contributed by atoms with Crippen molar-refractivity contribution < 1.29 is 29.0 Å². The van der Waals surface area contributed by atoms with Crippen LogP contribution in [0.1, 0.15) is 50.1 Å². The van der Waals surface area contributed by atoms with E-state index in [9.17, 15) is 14.4 Å². The van der Waals surface area contributed by atoms with Crippen molar-refractivity contribution >= 4 is 17.8 Å². The Bertz CT molecular complexity index is 782. The monoisotopic (exact) mass is 461 g/mol. The Hall–Kier alpha value is -2.52. The van der Waals surface area contributed by atoms with Crippen LogP contribution in [0.5, 0.6) is 0 Å². The highest BCUT2D eigenvalue weighted by Crippen LogP contribution is 2.36. The third kappa shape index (κ3) is 7.50. The lowest BCUT2D eigenvalue weighted by Crippen LogP contribution is -2.36. The third-order valence-corrected chi connectivity index (χ3v) is 6.63. The first kappa shape index (κ1) is 25.1. The van der Waals surface area contributed by atoms with Gasteiger partial charge in [0.15, 0.2) is 0 Å². The topological polar surface area (TPSA) is 118 Å². The van der Waals surface area contributed by atoms with Gasteiger partial charge in [0, 0.05) is 45.6 Å². The summed E-state index contributed by atoms with van der Waals surface area (Å²) < 4.78 is 11.3. The van der Waals surface area contributed by atoms with Gasteiger partial charge in [0.25, 0.3) is 0 Å². The molecule has 182 valence electrons. The molecular weight excluding hydrogens is 426 g/mol. The zero-order valence-corrected chi connectivity index (χ0v) is 19.3. The molecule has 9 heteroatoms. The molecule has 2 amide bonds. The van der Waals surface area contributed by atoms with Crippen LogP contribution in [0.4, 0.5) is 0 Å².